The molecule has 2 rings (SSSR count). The minimum Gasteiger partial charge on any atom is -0.462 e. The van der Waals surface area contributed by atoms with E-state index in [1.807, 2.05) is 4.57 Å². The van der Waals surface area contributed by atoms with E-state index in [0.29, 0.717) is 18.3 Å². The molecule has 1 aromatic rings. The number of esters is 1. The molecular formula is C14H21N3O3S. The second-order valence-corrected chi connectivity index (χ2v) is 5.86. The van der Waals surface area contributed by atoms with E-state index in [2.05, 4.69) is 16.8 Å². The predicted molar refractivity (Wildman–Crippen MR) is 80.0 cm³/mol. The first kappa shape index (κ1) is 16.0. The van der Waals surface area contributed by atoms with Gasteiger partial charge in [0.25, 0.3) is 0 Å². The normalized spacial score (nSPS) is 15.3. The Balaban J connectivity index is 1.89. The number of aromatic nitrogens is 3. The number of methoxy groups -OCH3 is 1. The molecule has 6 nitrogen and oxygen atoms in total. The summed E-state index contributed by atoms with van der Waals surface area (Å²) >= 11 is 1.34. The molecule has 1 saturated carbocycles. The molecule has 116 valence electrons. The second kappa shape index (κ2) is 8.19. The van der Waals surface area contributed by atoms with E-state index >= 15 is 0 Å². The van der Waals surface area contributed by atoms with Crippen LogP contribution in [-0.4, -0.2) is 39.7 Å². The lowest BCUT2D eigenvalue weighted by molar-refractivity contribution is -0.145. The Kier molecular flexibility index (Phi) is 6.25. The third-order valence-electron chi connectivity index (χ3n) is 3.30. The minimum absolute atomic E-state index is 0.105. The number of hydrogen-bond donors (Lipinski definition) is 0. The highest BCUT2D eigenvalue weighted by Gasteiger charge is 2.20. The van der Waals surface area contributed by atoms with Crippen molar-refractivity contribution in [3.8, 4) is 0 Å². The van der Waals surface area contributed by atoms with Crippen molar-refractivity contribution in [2.45, 2.75) is 50.1 Å². The molecule has 0 bridgehead atoms. The highest BCUT2D eigenvalue weighted by atomic mass is 32.2. The van der Waals surface area contributed by atoms with E-state index < -0.39 is 0 Å². The van der Waals surface area contributed by atoms with Crippen molar-refractivity contribution in [3.63, 3.8) is 0 Å². The molecule has 0 N–H and O–H groups in total. The average Bonchev–Trinajstić information content (AvgIpc) is 3.09. The molecule has 1 aliphatic rings. The molecule has 0 atom stereocenters. The first-order valence-electron chi connectivity index (χ1n) is 7.08. The summed E-state index contributed by atoms with van der Waals surface area (Å²) in [7, 11) is 1.61. The smallest absolute Gasteiger partial charge is 0.316 e. The number of allylic oxidation sites excluding steroid dienone is 1. The van der Waals surface area contributed by atoms with Crippen molar-refractivity contribution in [1.82, 2.24) is 14.8 Å². The highest BCUT2D eigenvalue weighted by Crippen LogP contribution is 2.23. The fourth-order valence-corrected chi connectivity index (χ4v) is 3.07. The number of carbonyl (C=O) groups excluding carboxylic acids is 1. The second-order valence-electron chi connectivity index (χ2n) is 4.92. The van der Waals surface area contributed by atoms with Crippen molar-refractivity contribution in [1.29, 1.82) is 0 Å². The molecule has 1 heterocycles. The molecule has 1 fully saturated rings. The lowest BCUT2D eigenvalue weighted by Crippen LogP contribution is -2.16. The van der Waals surface area contributed by atoms with Crippen LogP contribution in [0.25, 0.3) is 0 Å². The monoisotopic (exact) mass is 311 g/mol. The van der Waals surface area contributed by atoms with E-state index in [-0.39, 0.29) is 17.8 Å². The van der Waals surface area contributed by atoms with Gasteiger partial charge >= 0.3 is 5.97 Å². The molecule has 1 aromatic heterocycles. The van der Waals surface area contributed by atoms with Crippen molar-refractivity contribution < 1.29 is 14.3 Å². The highest BCUT2D eigenvalue weighted by molar-refractivity contribution is 7.99. The van der Waals surface area contributed by atoms with Gasteiger partial charge in [0.05, 0.1) is 5.75 Å². The summed E-state index contributed by atoms with van der Waals surface area (Å²) in [6.07, 6.45) is 6.15. The quantitative estimate of drug-likeness (QED) is 0.416. The zero-order chi connectivity index (χ0) is 15.1. The van der Waals surface area contributed by atoms with Gasteiger partial charge in [-0.2, -0.15) is 0 Å². The van der Waals surface area contributed by atoms with E-state index in [1.165, 1.54) is 11.8 Å². The Hall–Kier alpha value is -1.34. The van der Waals surface area contributed by atoms with Gasteiger partial charge in [0.1, 0.15) is 12.7 Å². The summed E-state index contributed by atoms with van der Waals surface area (Å²) in [4.78, 5) is 11.8. The maximum absolute atomic E-state index is 11.8. The maximum Gasteiger partial charge on any atom is 0.316 e. The summed E-state index contributed by atoms with van der Waals surface area (Å²) in [5.74, 6) is 0.788. The van der Waals surface area contributed by atoms with Gasteiger partial charge in [0.2, 0.25) is 0 Å². The number of carbonyl (C=O) groups is 1. The summed E-state index contributed by atoms with van der Waals surface area (Å²) in [6, 6.07) is 0. The fourth-order valence-electron chi connectivity index (χ4n) is 2.32. The Bertz CT molecular complexity index is 484. The molecular weight excluding hydrogens is 290 g/mol. The number of ether oxygens (including phenoxy) is 2. The molecule has 1 aliphatic carbocycles. The molecule has 0 unspecified atom stereocenters. The Morgan fingerprint density at radius 1 is 1.48 bits per heavy atom. The van der Waals surface area contributed by atoms with Crippen LogP contribution in [0.2, 0.25) is 0 Å². The van der Waals surface area contributed by atoms with Crippen LogP contribution in [0.4, 0.5) is 0 Å². The maximum atomic E-state index is 11.8. The molecule has 0 aliphatic heterocycles. The molecule has 21 heavy (non-hydrogen) atoms. The third-order valence-corrected chi connectivity index (χ3v) is 4.24. The average molecular weight is 311 g/mol. The van der Waals surface area contributed by atoms with Crippen LogP contribution in [0.3, 0.4) is 0 Å². The molecule has 0 radical (unpaired) electrons. The summed E-state index contributed by atoms with van der Waals surface area (Å²) < 4.78 is 12.4. The van der Waals surface area contributed by atoms with E-state index in [4.69, 9.17) is 9.47 Å². The first-order valence-corrected chi connectivity index (χ1v) is 8.07. The van der Waals surface area contributed by atoms with Crippen LogP contribution in [0, 0.1) is 0 Å². The molecule has 0 amide bonds. The third kappa shape index (κ3) is 4.57. The van der Waals surface area contributed by atoms with Crippen molar-refractivity contribution in [2.24, 2.45) is 0 Å². The zero-order valence-corrected chi connectivity index (χ0v) is 13.1. The van der Waals surface area contributed by atoms with Gasteiger partial charge in [0.15, 0.2) is 11.0 Å². The van der Waals surface area contributed by atoms with Crippen LogP contribution in [0.15, 0.2) is 17.8 Å². The van der Waals surface area contributed by atoms with Crippen LogP contribution in [0.1, 0.15) is 31.5 Å². The molecule has 0 saturated heterocycles. The molecule has 0 aromatic carbocycles. The summed E-state index contributed by atoms with van der Waals surface area (Å²) in [6.45, 7) is 4.70. The van der Waals surface area contributed by atoms with E-state index in [9.17, 15) is 4.79 Å². The Labute approximate surface area is 128 Å². The van der Waals surface area contributed by atoms with Crippen molar-refractivity contribution in [2.75, 3.05) is 12.9 Å². The lowest BCUT2D eigenvalue weighted by Gasteiger charge is -2.11. The van der Waals surface area contributed by atoms with E-state index in [0.717, 1.165) is 31.5 Å². The predicted octanol–water partition coefficient (Wildman–Crippen LogP) is 2.19. The van der Waals surface area contributed by atoms with Gasteiger partial charge in [-0.25, -0.2) is 0 Å². The number of hydrogen-bond acceptors (Lipinski definition) is 6. The fraction of sp³-hybridized carbons (Fsp3) is 0.643. The van der Waals surface area contributed by atoms with E-state index in [1.54, 1.807) is 13.2 Å². The topological polar surface area (TPSA) is 66.2 Å². The van der Waals surface area contributed by atoms with Gasteiger partial charge < -0.3 is 14.0 Å². The van der Waals surface area contributed by atoms with Gasteiger partial charge in [-0.3, -0.25) is 4.79 Å². The first-order chi connectivity index (χ1) is 10.2. The van der Waals surface area contributed by atoms with Gasteiger partial charge in [-0.05, 0) is 25.7 Å². The number of rotatable bonds is 8. The van der Waals surface area contributed by atoms with Crippen LogP contribution in [-0.2, 0) is 27.4 Å². The van der Waals surface area contributed by atoms with Gasteiger partial charge in [-0.15, -0.1) is 16.8 Å². The summed E-state index contributed by atoms with van der Waals surface area (Å²) in [5.41, 5.74) is 0. The summed E-state index contributed by atoms with van der Waals surface area (Å²) in [5, 5.41) is 8.86. The van der Waals surface area contributed by atoms with Crippen molar-refractivity contribution >= 4 is 17.7 Å². The molecule has 0 spiro atoms. The van der Waals surface area contributed by atoms with Crippen molar-refractivity contribution in [3.05, 3.63) is 18.5 Å². The number of thioether (sulfide) groups is 1. The standard InChI is InChI=1S/C14H21N3O3S/c1-3-8-17-12(9-19-2)15-16-14(17)21-10-13(18)20-11-6-4-5-7-11/h3,11H,1,4-10H2,2H3. The Morgan fingerprint density at radius 3 is 2.90 bits per heavy atom. The largest absolute Gasteiger partial charge is 0.462 e. The van der Waals surface area contributed by atoms with Gasteiger partial charge in [0, 0.05) is 13.7 Å². The molecule has 7 heteroatoms. The minimum atomic E-state index is -0.187. The number of nitrogens with zero attached hydrogens (tertiary/aromatic N) is 3. The lowest BCUT2D eigenvalue weighted by atomic mass is 10.3. The zero-order valence-electron chi connectivity index (χ0n) is 12.3. The van der Waals surface area contributed by atoms with Crippen LogP contribution < -0.4 is 0 Å². The Morgan fingerprint density at radius 2 is 2.24 bits per heavy atom. The van der Waals surface area contributed by atoms with Crippen LogP contribution in [0.5, 0.6) is 0 Å². The van der Waals surface area contributed by atoms with Gasteiger partial charge in [-0.1, -0.05) is 17.8 Å². The SMILES string of the molecule is C=CCn1c(COC)nnc1SCC(=O)OC1CCCC1. The van der Waals surface area contributed by atoms with Crippen LogP contribution >= 0.6 is 11.8 Å².